The van der Waals surface area contributed by atoms with Gasteiger partial charge in [-0.2, -0.15) is 5.10 Å². The van der Waals surface area contributed by atoms with E-state index in [-0.39, 0.29) is 0 Å². The Balaban J connectivity index is 2.33. The van der Waals surface area contributed by atoms with Crippen molar-refractivity contribution >= 4 is 21.6 Å². The van der Waals surface area contributed by atoms with Gasteiger partial charge in [-0.3, -0.25) is 0 Å². The summed E-state index contributed by atoms with van der Waals surface area (Å²) >= 11 is 3.38. The molecule has 4 nitrogen and oxygen atoms in total. The Bertz CT molecular complexity index is 522. The number of aromatic nitrogens is 2. The fraction of sp³-hybridized carbons (Fsp3) is 0.182. The van der Waals surface area contributed by atoms with Crippen molar-refractivity contribution in [3.8, 4) is 11.6 Å². The molecule has 0 atom stereocenters. The molecule has 0 amide bonds. The van der Waals surface area contributed by atoms with Crippen LogP contribution in [0.25, 0.3) is 0 Å². The number of halogens is 1. The van der Waals surface area contributed by atoms with Gasteiger partial charge in [0, 0.05) is 17.6 Å². The van der Waals surface area contributed by atoms with Gasteiger partial charge >= 0.3 is 0 Å². The van der Waals surface area contributed by atoms with Gasteiger partial charge in [0.2, 0.25) is 5.88 Å². The van der Waals surface area contributed by atoms with E-state index in [1.807, 2.05) is 32.2 Å². The highest BCUT2D eigenvalue weighted by molar-refractivity contribution is 9.10. The molecule has 2 rings (SSSR count). The van der Waals surface area contributed by atoms with Crippen molar-refractivity contribution in [3.63, 3.8) is 0 Å². The van der Waals surface area contributed by atoms with Gasteiger partial charge < -0.3 is 10.5 Å². The van der Waals surface area contributed by atoms with Crippen LogP contribution in [0.2, 0.25) is 0 Å². The molecule has 0 aliphatic heterocycles. The van der Waals surface area contributed by atoms with Gasteiger partial charge in [-0.15, -0.1) is 0 Å². The van der Waals surface area contributed by atoms with Crippen LogP contribution in [0.3, 0.4) is 0 Å². The summed E-state index contributed by atoms with van der Waals surface area (Å²) in [4.78, 5) is 0. The van der Waals surface area contributed by atoms with Gasteiger partial charge in [-0.1, -0.05) is 15.9 Å². The predicted molar refractivity (Wildman–Crippen MR) is 66.6 cm³/mol. The minimum Gasteiger partial charge on any atom is -0.437 e. The standard InChI is InChI=1S/C11H12BrN3O/c1-7-5-11(15(2)14-7)16-10-6-8(12)3-4-9(10)13/h3-6H,13H2,1-2H3. The third kappa shape index (κ3) is 2.19. The van der Waals surface area contributed by atoms with Crippen LogP contribution in [-0.2, 0) is 7.05 Å². The Hall–Kier alpha value is -1.49. The minimum absolute atomic E-state index is 0.599. The SMILES string of the molecule is Cc1cc(Oc2cc(Br)ccc2N)n(C)n1. The lowest BCUT2D eigenvalue weighted by molar-refractivity contribution is 0.432. The van der Waals surface area contributed by atoms with Crippen molar-refractivity contribution in [2.45, 2.75) is 6.92 Å². The Kier molecular flexibility index (Phi) is 2.87. The number of nitrogen functional groups attached to an aromatic ring is 1. The number of hydrogen-bond donors (Lipinski definition) is 1. The number of aryl methyl sites for hydroxylation is 2. The van der Waals surface area contributed by atoms with Crippen LogP contribution < -0.4 is 10.5 Å². The van der Waals surface area contributed by atoms with Crippen LogP contribution >= 0.6 is 15.9 Å². The second-order valence-corrected chi connectivity index (χ2v) is 4.45. The lowest BCUT2D eigenvalue weighted by atomic mass is 10.3. The normalized spacial score (nSPS) is 10.4. The number of anilines is 1. The molecule has 0 radical (unpaired) electrons. The predicted octanol–water partition coefficient (Wildman–Crippen LogP) is 2.87. The molecule has 1 aromatic carbocycles. The zero-order valence-electron chi connectivity index (χ0n) is 9.07. The highest BCUT2D eigenvalue weighted by atomic mass is 79.9. The Morgan fingerprint density at radius 3 is 2.75 bits per heavy atom. The third-order valence-corrected chi connectivity index (χ3v) is 2.64. The highest BCUT2D eigenvalue weighted by Gasteiger charge is 2.07. The first-order valence-corrected chi connectivity index (χ1v) is 5.59. The summed E-state index contributed by atoms with van der Waals surface area (Å²) in [6.07, 6.45) is 0. The second-order valence-electron chi connectivity index (χ2n) is 3.53. The summed E-state index contributed by atoms with van der Waals surface area (Å²) in [6.45, 7) is 1.91. The molecule has 1 heterocycles. The molecule has 0 aliphatic rings. The van der Waals surface area contributed by atoms with E-state index < -0.39 is 0 Å². The molecule has 16 heavy (non-hydrogen) atoms. The number of hydrogen-bond acceptors (Lipinski definition) is 3. The molecule has 0 spiro atoms. The molecule has 2 N–H and O–H groups in total. The van der Waals surface area contributed by atoms with Crippen LogP contribution in [-0.4, -0.2) is 9.78 Å². The first-order chi connectivity index (χ1) is 7.56. The Labute approximate surface area is 102 Å². The number of benzene rings is 1. The molecule has 2 aromatic rings. The van der Waals surface area contributed by atoms with Crippen LogP contribution in [0.5, 0.6) is 11.6 Å². The largest absolute Gasteiger partial charge is 0.437 e. The van der Waals surface area contributed by atoms with E-state index in [1.54, 1.807) is 10.7 Å². The average molecular weight is 282 g/mol. The van der Waals surface area contributed by atoms with Crippen molar-refractivity contribution in [2.75, 3.05) is 5.73 Å². The minimum atomic E-state index is 0.599. The quantitative estimate of drug-likeness (QED) is 0.862. The van der Waals surface area contributed by atoms with Gasteiger partial charge in [0.15, 0.2) is 5.75 Å². The van der Waals surface area contributed by atoms with E-state index in [1.165, 1.54) is 0 Å². The summed E-state index contributed by atoms with van der Waals surface area (Å²) in [7, 11) is 1.83. The zero-order chi connectivity index (χ0) is 11.7. The molecule has 0 aliphatic carbocycles. The lowest BCUT2D eigenvalue weighted by Crippen LogP contribution is -1.97. The van der Waals surface area contributed by atoms with E-state index in [0.29, 0.717) is 17.3 Å². The molecular weight excluding hydrogens is 270 g/mol. The van der Waals surface area contributed by atoms with Crippen molar-refractivity contribution < 1.29 is 4.74 Å². The van der Waals surface area contributed by atoms with Crippen LogP contribution in [0.15, 0.2) is 28.7 Å². The van der Waals surface area contributed by atoms with E-state index >= 15 is 0 Å². The second kappa shape index (κ2) is 4.17. The number of nitrogens with zero attached hydrogens (tertiary/aromatic N) is 2. The van der Waals surface area contributed by atoms with Crippen molar-refractivity contribution in [1.82, 2.24) is 9.78 Å². The fourth-order valence-corrected chi connectivity index (χ4v) is 1.73. The van der Waals surface area contributed by atoms with Gasteiger partial charge in [0.25, 0.3) is 0 Å². The Morgan fingerprint density at radius 2 is 2.12 bits per heavy atom. The van der Waals surface area contributed by atoms with E-state index in [2.05, 4.69) is 21.0 Å². The van der Waals surface area contributed by atoms with Crippen molar-refractivity contribution in [2.24, 2.45) is 7.05 Å². The number of rotatable bonds is 2. The highest BCUT2D eigenvalue weighted by Crippen LogP contribution is 2.30. The molecule has 0 bridgehead atoms. The maximum atomic E-state index is 5.82. The van der Waals surface area contributed by atoms with E-state index in [4.69, 9.17) is 10.5 Å². The molecule has 0 fully saturated rings. The number of nitrogens with two attached hydrogens (primary N) is 1. The van der Waals surface area contributed by atoms with Crippen molar-refractivity contribution in [3.05, 3.63) is 34.4 Å². The Morgan fingerprint density at radius 1 is 1.38 bits per heavy atom. The molecule has 0 unspecified atom stereocenters. The molecule has 5 heteroatoms. The summed E-state index contributed by atoms with van der Waals surface area (Å²) in [5.74, 6) is 1.29. The summed E-state index contributed by atoms with van der Waals surface area (Å²) in [5.41, 5.74) is 7.33. The summed E-state index contributed by atoms with van der Waals surface area (Å²) in [5, 5.41) is 4.20. The molecule has 0 saturated heterocycles. The molecule has 84 valence electrons. The van der Waals surface area contributed by atoms with Crippen LogP contribution in [0, 0.1) is 6.92 Å². The van der Waals surface area contributed by atoms with Crippen LogP contribution in [0.1, 0.15) is 5.69 Å². The van der Waals surface area contributed by atoms with Crippen LogP contribution in [0.4, 0.5) is 5.69 Å². The van der Waals surface area contributed by atoms with E-state index in [9.17, 15) is 0 Å². The first kappa shape index (κ1) is 11.0. The zero-order valence-corrected chi connectivity index (χ0v) is 10.7. The monoisotopic (exact) mass is 281 g/mol. The third-order valence-electron chi connectivity index (χ3n) is 2.15. The van der Waals surface area contributed by atoms with Gasteiger partial charge in [-0.25, -0.2) is 4.68 Å². The number of ether oxygens (including phenoxy) is 1. The van der Waals surface area contributed by atoms with Gasteiger partial charge in [-0.05, 0) is 25.1 Å². The summed E-state index contributed by atoms with van der Waals surface area (Å²) < 4.78 is 8.29. The molecule has 1 aromatic heterocycles. The van der Waals surface area contributed by atoms with Gasteiger partial charge in [0.1, 0.15) is 0 Å². The van der Waals surface area contributed by atoms with E-state index in [0.717, 1.165) is 10.2 Å². The first-order valence-electron chi connectivity index (χ1n) is 4.80. The van der Waals surface area contributed by atoms with Crippen molar-refractivity contribution in [1.29, 1.82) is 0 Å². The lowest BCUT2D eigenvalue weighted by Gasteiger charge is -2.08. The summed E-state index contributed by atoms with van der Waals surface area (Å²) in [6, 6.07) is 7.36. The fourth-order valence-electron chi connectivity index (χ4n) is 1.39. The maximum Gasteiger partial charge on any atom is 0.217 e. The molecule has 0 saturated carbocycles. The average Bonchev–Trinajstić information content (AvgIpc) is 2.51. The topological polar surface area (TPSA) is 53.1 Å². The molecular formula is C11H12BrN3O. The maximum absolute atomic E-state index is 5.82. The van der Waals surface area contributed by atoms with Gasteiger partial charge in [0.05, 0.1) is 11.4 Å². The smallest absolute Gasteiger partial charge is 0.217 e.